The quantitative estimate of drug-likeness (QED) is 0.850. The second-order valence-corrected chi connectivity index (χ2v) is 6.39. The van der Waals surface area contributed by atoms with Gasteiger partial charge in [-0.3, -0.25) is 4.79 Å². The van der Waals surface area contributed by atoms with Gasteiger partial charge in [-0.05, 0) is 41.8 Å². The number of ether oxygens (including phenoxy) is 2. The van der Waals surface area contributed by atoms with Gasteiger partial charge in [-0.2, -0.15) is 0 Å². The van der Waals surface area contributed by atoms with Crippen molar-refractivity contribution >= 4 is 11.6 Å². The Hall–Kier alpha value is -2.69. The third-order valence-corrected chi connectivity index (χ3v) is 4.72. The highest BCUT2D eigenvalue weighted by molar-refractivity contribution is 5.79. The highest BCUT2D eigenvalue weighted by atomic mass is 16.5. The van der Waals surface area contributed by atoms with Crippen molar-refractivity contribution in [1.82, 2.24) is 4.90 Å². The van der Waals surface area contributed by atoms with E-state index in [1.165, 1.54) is 0 Å². The van der Waals surface area contributed by atoms with Gasteiger partial charge in [0.05, 0.1) is 20.6 Å². The molecule has 1 aliphatic heterocycles. The van der Waals surface area contributed by atoms with Crippen molar-refractivity contribution in [2.75, 3.05) is 33.0 Å². The molecule has 0 radical (unpaired) electrons. The highest BCUT2D eigenvalue weighted by Gasteiger charge is 2.28. The molecular formula is C20H24N2O3. The number of carbonyl (C=O) groups is 1. The van der Waals surface area contributed by atoms with Crippen LogP contribution in [0, 0.1) is 0 Å². The second kappa shape index (κ2) is 7.47. The summed E-state index contributed by atoms with van der Waals surface area (Å²) in [5, 5.41) is 0. The molecule has 1 fully saturated rings. The van der Waals surface area contributed by atoms with Gasteiger partial charge < -0.3 is 20.1 Å². The molecule has 0 saturated carbocycles. The van der Waals surface area contributed by atoms with Crippen LogP contribution in [0.3, 0.4) is 0 Å². The summed E-state index contributed by atoms with van der Waals surface area (Å²) >= 11 is 0. The Balaban J connectivity index is 1.66. The number of nitrogen functional groups attached to an aromatic ring is 1. The number of nitrogens with two attached hydrogens (primary N) is 1. The topological polar surface area (TPSA) is 64.8 Å². The van der Waals surface area contributed by atoms with Crippen molar-refractivity contribution < 1.29 is 14.3 Å². The van der Waals surface area contributed by atoms with Gasteiger partial charge in [0.1, 0.15) is 11.5 Å². The van der Waals surface area contributed by atoms with E-state index in [-0.39, 0.29) is 5.91 Å². The molecule has 1 saturated heterocycles. The summed E-state index contributed by atoms with van der Waals surface area (Å²) in [4.78, 5) is 14.5. The van der Waals surface area contributed by atoms with Gasteiger partial charge in [-0.25, -0.2) is 0 Å². The minimum absolute atomic E-state index is 0.155. The molecule has 2 N–H and O–H groups in total. The number of likely N-dealkylation sites (tertiary alicyclic amines) is 1. The van der Waals surface area contributed by atoms with E-state index >= 15 is 0 Å². The minimum atomic E-state index is 0.155. The van der Waals surface area contributed by atoms with Crippen LogP contribution in [0.4, 0.5) is 5.69 Å². The van der Waals surface area contributed by atoms with Gasteiger partial charge in [0.25, 0.3) is 0 Å². The van der Waals surface area contributed by atoms with E-state index in [1.54, 1.807) is 14.2 Å². The first-order valence-corrected chi connectivity index (χ1v) is 8.44. The number of rotatable bonds is 5. The maximum atomic E-state index is 12.6. The number of nitrogens with zero attached hydrogens (tertiary/aromatic N) is 1. The second-order valence-electron chi connectivity index (χ2n) is 6.39. The Morgan fingerprint density at radius 2 is 1.76 bits per heavy atom. The number of anilines is 1. The van der Waals surface area contributed by atoms with Crippen LogP contribution in [0.5, 0.6) is 11.5 Å². The summed E-state index contributed by atoms with van der Waals surface area (Å²) in [6.07, 6.45) is 1.36. The maximum Gasteiger partial charge on any atom is 0.227 e. The number of hydrogen-bond donors (Lipinski definition) is 1. The molecule has 2 aromatic rings. The third-order valence-electron chi connectivity index (χ3n) is 4.72. The number of methoxy groups -OCH3 is 2. The van der Waals surface area contributed by atoms with Gasteiger partial charge in [-0.15, -0.1) is 0 Å². The molecule has 1 unspecified atom stereocenters. The van der Waals surface area contributed by atoms with Gasteiger partial charge in [0.2, 0.25) is 5.91 Å². The zero-order valence-electron chi connectivity index (χ0n) is 14.7. The fourth-order valence-electron chi connectivity index (χ4n) is 3.25. The van der Waals surface area contributed by atoms with Crippen molar-refractivity contribution in [3.63, 3.8) is 0 Å². The average molecular weight is 340 g/mol. The summed E-state index contributed by atoms with van der Waals surface area (Å²) in [5.41, 5.74) is 8.55. The molecule has 1 amide bonds. The standard InChI is InChI=1S/C20H24N2O3/c1-24-18-10-16(11-19(12-18)25-2)15-7-8-22(13-15)20(23)9-14-3-5-17(21)6-4-14/h3-6,10-12,15H,7-9,13,21H2,1-2H3. The van der Waals surface area contributed by atoms with Crippen molar-refractivity contribution in [1.29, 1.82) is 0 Å². The van der Waals surface area contributed by atoms with Crippen molar-refractivity contribution in [2.24, 2.45) is 0 Å². The minimum Gasteiger partial charge on any atom is -0.497 e. The molecule has 0 spiro atoms. The van der Waals surface area contributed by atoms with Crippen LogP contribution in [0.15, 0.2) is 42.5 Å². The molecule has 3 rings (SSSR count). The molecule has 0 aromatic heterocycles. The number of carbonyl (C=O) groups excluding carboxylic acids is 1. The molecule has 0 aliphatic carbocycles. The number of amides is 1. The SMILES string of the molecule is COc1cc(OC)cc(C2CCN(C(=O)Cc3ccc(N)cc3)C2)c1. The van der Waals surface area contributed by atoms with Crippen LogP contribution in [0.2, 0.25) is 0 Å². The predicted molar refractivity (Wildman–Crippen MR) is 98.0 cm³/mol. The van der Waals surface area contributed by atoms with E-state index in [1.807, 2.05) is 47.4 Å². The molecule has 1 heterocycles. The number of hydrogen-bond acceptors (Lipinski definition) is 4. The third kappa shape index (κ3) is 4.05. The maximum absolute atomic E-state index is 12.6. The van der Waals surface area contributed by atoms with Crippen molar-refractivity contribution in [3.8, 4) is 11.5 Å². The smallest absolute Gasteiger partial charge is 0.227 e. The first-order valence-electron chi connectivity index (χ1n) is 8.44. The van der Waals surface area contributed by atoms with Crippen molar-refractivity contribution in [3.05, 3.63) is 53.6 Å². The molecule has 25 heavy (non-hydrogen) atoms. The lowest BCUT2D eigenvalue weighted by Crippen LogP contribution is -2.29. The van der Waals surface area contributed by atoms with Gasteiger partial charge >= 0.3 is 0 Å². The summed E-state index contributed by atoms with van der Waals surface area (Å²) in [6, 6.07) is 13.4. The Bertz CT molecular complexity index is 721. The van der Waals surface area contributed by atoms with Crippen LogP contribution in [0.1, 0.15) is 23.5 Å². The van der Waals surface area contributed by atoms with Crippen LogP contribution >= 0.6 is 0 Å². The Morgan fingerprint density at radius 3 is 2.36 bits per heavy atom. The average Bonchev–Trinajstić information content (AvgIpc) is 3.13. The Kier molecular flexibility index (Phi) is 5.12. The Morgan fingerprint density at radius 1 is 1.12 bits per heavy atom. The lowest BCUT2D eigenvalue weighted by molar-refractivity contribution is -0.129. The van der Waals surface area contributed by atoms with Crippen molar-refractivity contribution in [2.45, 2.75) is 18.8 Å². The molecule has 0 bridgehead atoms. The van der Waals surface area contributed by atoms with E-state index in [0.29, 0.717) is 18.0 Å². The molecule has 1 aliphatic rings. The monoisotopic (exact) mass is 340 g/mol. The van der Waals surface area contributed by atoms with E-state index in [2.05, 4.69) is 0 Å². The van der Waals surface area contributed by atoms with E-state index in [0.717, 1.165) is 42.1 Å². The fraction of sp³-hybridized carbons (Fsp3) is 0.350. The molecule has 2 aromatic carbocycles. The van der Waals surface area contributed by atoms with Crippen LogP contribution in [-0.4, -0.2) is 38.1 Å². The Labute approximate surface area is 148 Å². The van der Waals surface area contributed by atoms with Crippen LogP contribution in [-0.2, 0) is 11.2 Å². The van der Waals surface area contributed by atoms with E-state index in [9.17, 15) is 4.79 Å². The summed E-state index contributed by atoms with van der Waals surface area (Å²) < 4.78 is 10.7. The normalized spacial score (nSPS) is 16.7. The zero-order chi connectivity index (χ0) is 17.8. The molecule has 1 atom stereocenters. The number of benzene rings is 2. The van der Waals surface area contributed by atoms with Crippen LogP contribution in [0.25, 0.3) is 0 Å². The fourth-order valence-corrected chi connectivity index (χ4v) is 3.25. The van der Waals surface area contributed by atoms with E-state index in [4.69, 9.17) is 15.2 Å². The molecular weight excluding hydrogens is 316 g/mol. The van der Waals surface area contributed by atoms with Gasteiger partial charge in [0.15, 0.2) is 0 Å². The predicted octanol–water partition coefficient (Wildman–Crippen LogP) is 2.84. The molecule has 5 nitrogen and oxygen atoms in total. The largest absolute Gasteiger partial charge is 0.497 e. The zero-order valence-corrected chi connectivity index (χ0v) is 14.7. The van der Waals surface area contributed by atoms with E-state index < -0.39 is 0 Å². The lowest BCUT2D eigenvalue weighted by Gasteiger charge is -2.17. The van der Waals surface area contributed by atoms with Gasteiger partial charge in [-0.1, -0.05) is 12.1 Å². The molecule has 132 valence electrons. The highest BCUT2D eigenvalue weighted by Crippen LogP contribution is 2.33. The first kappa shape index (κ1) is 17.1. The summed E-state index contributed by atoms with van der Waals surface area (Å²) in [5.74, 6) is 2.02. The van der Waals surface area contributed by atoms with Gasteiger partial charge in [0, 0.05) is 30.8 Å². The summed E-state index contributed by atoms with van der Waals surface area (Å²) in [7, 11) is 3.30. The lowest BCUT2D eigenvalue weighted by atomic mass is 9.98. The summed E-state index contributed by atoms with van der Waals surface area (Å²) in [6.45, 7) is 1.50. The van der Waals surface area contributed by atoms with Crippen LogP contribution < -0.4 is 15.2 Å². The first-order chi connectivity index (χ1) is 12.1. The molecule has 5 heteroatoms.